The van der Waals surface area contributed by atoms with Crippen molar-refractivity contribution in [3.63, 3.8) is 0 Å². The number of aromatic nitrogens is 2. The number of halogens is 1. The molecule has 0 aliphatic heterocycles. The van der Waals surface area contributed by atoms with Gasteiger partial charge in [0.25, 0.3) is 11.4 Å². The van der Waals surface area contributed by atoms with E-state index in [4.69, 9.17) is 30.9 Å². The maximum Gasteiger partial charge on any atom is 0.510 e. The molecule has 1 atom stereocenters. The SMILES string of the molecule is CC(C)OC(=O)OCCl.CC(C)OC(=O)OCOP(=O)(O)OCOc1ccc([N+](=O)[O-])c2cccnc12.O=[N+]([O-])c1ccc(OCOP(=O)(O)O)c2ncccc12. The van der Waals surface area contributed by atoms with Crippen LogP contribution in [0.15, 0.2) is 60.9 Å². The highest BCUT2D eigenvalue weighted by molar-refractivity contribution is 7.47. The summed E-state index contributed by atoms with van der Waals surface area (Å²) in [5.74, 6) is 0.220. The molecule has 0 spiro atoms. The normalized spacial score (nSPS) is 12.0. The zero-order valence-electron chi connectivity index (χ0n) is 30.1. The van der Waals surface area contributed by atoms with Crippen LogP contribution in [0.5, 0.6) is 11.5 Å². The van der Waals surface area contributed by atoms with Crippen molar-refractivity contribution in [2.75, 3.05) is 26.4 Å². The van der Waals surface area contributed by atoms with Crippen molar-refractivity contribution in [3.8, 4) is 11.5 Å². The summed E-state index contributed by atoms with van der Waals surface area (Å²) < 4.78 is 63.5. The molecule has 1 unspecified atom stereocenters. The number of hydrogen-bond acceptors (Lipinski definition) is 19. The lowest BCUT2D eigenvalue weighted by Crippen LogP contribution is -2.15. The van der Waals surface area contributed by atoms with Crippen LogP contribution in [0.1, 0.15) is 27.7 Å². The first-order chi connectivity index (χ1) is 26.7. The van der Waals surface area contributed by atoms with E-state index in [0.29, 0.717) is 0 Å². The van der Waals surface area contributed by atoms with Crippen LogP contribution in [-0.4, -0.2) is 85.5 Å². The number of fused-ring (bicyclic) bond motifs is 2. The Morgan fingerprint density at radius 3 is 1.53 bits per heavy atom. The molecular weight excluding hydrogens is 834 g/mol. The summed E-state index contributed by atoms with van der Waals surface area (Å²) >= 11 is 5.06. The van der Waals surface area contributed by atoms with Gasteiger partial charge in [0.15, 0.2) is 19.7 Å². The quantitative estimate of drug-likeness (QED) is 0.0271. The average Bonchev–Trinajstić information content (AvgIpc) is 3.11. The number of benzene rings is 2. The predicted molar refractivity (Wildman–Crippen MR) is 194 cm³/mol. The van der Waals surface area contributed by atoms with Crippen LogP contribution in [0, 0.1) is 20.2 Å². The van der Waals surface area contributed by atoms with E-state index in [9.17, 15) is 43.8 Å². The highest BCUT2D eigenvalue weighted by Gasteiger charge is 2.24. The number of hydrogen-bond donors (Lipinski definition) is 3. The number of carbonyl (C=O) groups excluding carboxylic acids is 2. The predicted octanol–water partition coefficient (Wildman–Crippen LogP) is 6.46. The number of pyridine rings is 2. The van der Waals surface area contributed by atoms with Gasteiger partial charge in [-0.05, 0) is 64.1 Å². The van der Waals surface area contributed by atoms with Gasteiger partial charge in [0.2, 0.25) is 6.79 Å². The first kappa shape index (κ1) is 47.9. The summed E-state index contributed by atoms with van der Waals surface area (Å²) in [5.41, 5.74) is 0.0686. The van der Waals surface area contributed by atoms with Crippen molar-refractivity contribution in [2.45, 2.75) is 39.9 Å². The third kappa shape index (κ3) is 17.6. The molecule has 4 rings (SSSR count). The Labute approximate surface area is 326 Å². The lowest BCUT2D eigenvalue weighted by Gasteiger charge is -2.14. The van der Waals surface area contributed by atoms with Crippen LogP contribution in [0.2, 0.25) is 0 Å². The maximum absolute atomic E-state index is 11.7. The van der Waals surface area contributed by atoms with Crippen molar-refractivity contribution in [2.24, 2.45) is 0 Å². The van der Waals surface area contributed by atoms with E-state index >= 15 is 0 Å². The number of carbonyl (C=O) groups is 2. The third-order valence-electron chi connectivity index (χ3n) is 5.91. The first-order valence-electron chi connectivity index (χ1n) is 15.6. The van der Waals surface area contributed by atoms with Gasteiger partial charge in [-0.15, -0.1) is 0 Å². The second-order valence-corrected chi connectivity index (χ2v) is 13.6. The molecule has 2 heterocycles. The van der Waals surface area contributed by atoms with Gasteiger partial charge in [0, 0.05) is 24.5 Å². The fraction of sp³-hybridized carbons (Fsp3) is 0.333. The molecule has 3 N–H and O–H groups in total. The molecule has 24 nitrogen and oxygen atoms in total. The molecule has 0 saturated heterocycles. The molecule has 27 heteroatoms. The number of alkyl halides is 1. The van der Waals surface area contributed by atoms with Gasteiger partial charge in [0.1, 0.15) is 22.5 Å². The number of ether oxygens (including phenoxy) is 6. The summed E-state index contributed by atoms with van der Waals surface area (Å²) in [6.07, 6.45) is 0.453. The van der Waals surface area contributed by atoms with E-state index in [2.05, 4.69) is 42.5 Å². The third-order valence-corrected chi connectivity index (χ3v) is 7.32. The van der Waals surface area contributed by atoms with E-state index in [0.717, 1.165) is 0 Å². The molecule has 4 aromatic rings. The Morgan fingerprint density at radius 2 is 1.12 bits per heavy atom. The number of rotatable bonds is 16. The number of nitrogens with zero attached hydrogens (tertiary/aromatic N) is 4. The number of nitro groups is 2. The molecule has 2 aromatic carbocycles. The molecule has 312 valence electrons. The van der Waals surface area contributed by atoms with Gasteiger partial charge in [-0.3, -0.25) is 30.2 Å². The average molecular weight is 869 g/mol. The standard InChI is InChI=1S/C15H17N2O10P.C10H9N2O7P.C5H9ClO3/c1-10(2)27-15(18)24-9-26-28(21,22)25-8-23-13-6-5-12(17(19)20)11-4-3-7-16-14(11)13;13-12(14)8-3-4-9(18-6-19-20(15,16)17)10-7(8)2-1-5-11-10;1-4(2)9-5(7)8-3-6/h3-7,10H,8-9H2,1-2H3,(H,21,22);1-5H,6H2,(H2,15,16,17);4H,3H2,1-2H3. The van der Waals surface area contributed by atoms with Gasteiger partial charge < -0.3 is 43.1 Å². The number of phosphoric ester groups is 2. The summed E-state index contributed by atoms with van der Waals surface area (Å²) in [7, 11) is -9.23. The van der Waals surface area contributed by atoms with Crippen molar-refractivity contribution in [3.05, 3.63) is 81.2 Å². The van der Waals surface area contributed by atoms with E-state index < -0.39 is 64.3 Å². The van der Waals surface area contributed by atoms with Crippen molar-refractivity contribution in [1.82, 2.24) is 9.97 Å². The van der Waals surface area contributed by atoms with Gasteiger partial charge in [0.05, 0.1) is 32.8 Å². The first-order valence-corrected chi connectivity index (χ1v) is 19.1. The van der Waals surface area contributed by atoms with E-state index in [-0.39, 0.29) is 56.8 Å². The van der Waals surface area contributed by atoms with Crippen LogP contribution in [0.3, 0.4) is 0 Å². The van der Waals surface area contributed by atoms with Gasteiger partial charge in [-0.1, -0.05) is 11.6 Å². The highest BCUT2D eigenvalue weighted by Crippen LogP contribution is 2.43. The second-order valence-electron chi connectivity index (χ2n) is 10.7. The van der Waals surface area contributed by atoms with Crippen molar-refractivity contribution >= 4 is 72.7 Å². The minimum Gasteiger partial charge on any atom is -0.465 e. The largest absolute Gasteiger partial charge is 0.510 e. The Morgan fingerprint density at radius 1 is 0.702 bits per heavy atom. The van der Waals surface area contributed by atoms with Crippen LogP contribution >= 0.6 is 27.2 Å². The molecule has 2 aromatic heterocycles. The van der Waals surface area contributed by atoms with Crippen LogP contribution in [0.25, 0.3) is 21.8 Å². The molecular formula is C30H35ClN4O20P2. The van der Waals surface area contributed by atoms with Crippen LogP contribution in [-0.2, 0) is 41.6 Å². The lowest BCUT2D eigenvalue weighted by molar-refractivity contribution is -0.383. The lowest BCUT2D eigenvalue weighted by atomic mass is 10.1. The fourth-order valence-corrected chi connectivity index (χ4v) is 4.53. The Hall–Kier alpha value is -5.29. The Balaban J connectivity index is 0.000000335. The molecule has 0 aliphatic rings. The molecule has 0 radical (unpaired) electrons. The maximum atomic E-state index is 11.7. The number of phosphoric acid groups is 2. The monoisotopic (exact) mass is 868 g/mol. The molecule has 0 saturated carbocycles. The van der Waals surface area contributed by atoms with Crippen molar-refractivity contribution < 1.29 is 85.2 Å². The molecule has 0 amide bonds. The molecule has 0 fully saturated rings. The summed E-state index contributed by atoms with van der Waals surface area (Å²) in [6.45, 7) is 4.35. The number of non-ortho nitro benzene ring substituents is 2. The van der Waals surface area contributed by atoms with Crippen LogP contribution < -0.4 is 9.47 Å². The number of nitro benzene ring substituents is 2. The molecule has 57 heavy (non-hydrogen) atoms. The summed E-state index contributed by atoms with van der Waals surface area (Å²) in [5, 5.41) is 22.4. The highest BCUT2D eigenvalue weighted by atomic mass is 35.5. The minimum absolute atomic E-state index is 0.0953. The zero-order chi connectivity index (χ0) is 42.8. The van der Waals surface area contributed by atoms with Crippen LogP contribution in [0.4, 0.5) is 21.0 Å². The summed E-state index contributed by atoms with van der Waals surface area (Å²) in [6, 6.07) is 10.9. The van der Waals surface area contributed by atoms with Gasteiger partial charge in [-0.2, -0.15) is 0 Å². The smallest absolute Gasteiger partial charge is 0.465 e. The van der Waals surface area contributed by atoms with E-state index in [1.165, 1.54) is 60.9 Å². The topological polar surface area (TPSA) is 324 Å². The van der Waals surface area contributed by atoms with Gasteiger partial charge >= 0.3 is 28.0 Å². The van der Waals surface area contributed by atoms with Gasteiger partial charge in [-0.25, -0.2) is 32.3 Å². The summed E-state index contributed by atoms with van der Waals surface area (Å²) in [4.78, 5) is 76.8. The molecule has 0 aliphatic carbocycles. The van der Waals surface area contributed by atoms with E-state index in [1.54, 1.807) is 27.7 Å². The fourth-order valence-electron chi connectivity index (χ4n) is 3.81. The van der Waals surface area contributed by atoms with Crippen molar-refractivity contribution in [1.29, 1.82) is 0 Å². The molecule has 0 bridgehead atoms. The van der Waals surface area contributed by atoms with E-state index in [1.807, 2.05) is 0 Å². The Bertz CT molecular complexity index is 2090. The minimum atomic E-state index is -4.64. The Kier molecular flexibility index (Phi) is 19.4. The second kappa shape index (κ2) is 23.1. The zero-order valence-corrected chi connectivity index (χ0v) is 32.6.